The second-order valence-electron chi connectivity index (χ2n) is 1.89. The largest absolute Gasteiger partial charge is 0.389 e. The lowest BCUT2D eigenvalue weighted by Gasteiger charge is -1.74. The van der Waals surface area contributed by atoms with E-state index in [0.29, 0.717) is 0 Å². The summed E-state index contributed by atoms with van der Waals surface area (Å²) < 4.78 is 2.01. The molecule has 0 amide bonds. The van der Waals surface area contributed by atoms with Crippen molar-refractivity contribution in [3.8, 4) is 0 Å². The minimum Gasteiger partial charge on any atom is -0.389 e. The molecule has 0 saturated heterocycles. The van der Waals surface area contributed by atoms with Gasteiger partial charge in [-0.2, -0.15) is 0 Å². The summed E-state index contributed by atoms with van der Waals surface area (Å²) in [7, 11) is 0. The summed E-state index contributed by atoms with van der Waals surface area (Å²) in [6.45, 7) is 0. The number of hydrogen-bond acceptors (Lipinski definition) is 2. The predicted molar refractivity (Wildman–Crippen MR) is 39.7 cm³/mol. The first kappa shape index (κ1) is 4.88. The summed E-state index contributed by atoms with van der Waals surface area (Å²) >= 11 is 1.60. The van der Waals surface area contributed by atoms with Gasteiger partial charge in [0.1, 0.15) is 9.83 Å². The third-order valence-electron chi connectivity index (χ3n) is 1.23. The summed E-state index contributed by atoms with van der Waals surface area (Å²) in [6.07, 6.45) is 3.90. The zero-order valence-electron chi connectivity index (χ0n) is 4.74. The third-order valence-corrected chi connectivity index (χ3v) is 2.13. The predicted octanol–water partition coefficient (Wildman–Crippen LogP) is 1.58. The van der Waals surface area contributed by atoms with Gasteiger partial charge in [-0.25, -0.2) is 0 Å². The van der Waals surface area contributed by atoms with Crippen LogP contribution < -0.4 is 5.73 Å². The van der Waals surface area contributed by atoms with E-state index >= 15 is 0 Å². The summed E-state index contributed by atoms with van der Waals surface area (Å²) in [4.78, 5) is 1.20. The number of anilines is 1. The van der Waals surface area contributed by atoms with Crippen molar-refractivity contribution < 1.29 is 0 Å². The molecular formula is C6H6N2S. The Kier molecular flexibility index (Phi) is 0.818. The molecule has 0 aromatic carbocycles. The second-order valence-corrected chi connectivity index (χ2v) is 2.98. The van der Waals surface area contributed by atoms with Crippen LogP contribution in [0.1, 0.15) is 0 Å². The molecule has 0 aliphatic rings. The van der Waals surface area contributed by atoms with Crippen LogP contribution in [0, 0.1) is 0 Å². The highest BCUT2D eigenvalue weighted by Crippen LogP contribution is 2.19. The van der Waals surface area contributed by atoms with Gasteiger partial charge >= 0.3 is 0 Å². The van der Waals surface area contributed by atoms with Gasteiger partial charge in [0.05, 0.1) is 0 Å². The van der Waals surface area contributed by atoms with Crippen molar-refractivity contribution >= 4 is 21.2 Å². The van der Waals surface area contributed by atoms with E-state index < -0.39 is 0 Å². The maximum Gasteiger partial charge on any atom is 0.105 e. The van der Waals surface area contributed by atoms with E-state index in [4.69, 9.17) is 5.73 Å². The van der Waals surface area contributed by atoms with Crippen molar-refractivity contribution in [3.05, 3.63) is 24.5 Å². The van der Waals surface area contributed by atoms with Crippen molar-refractivity contribution in [1.29, 1.82) is 0 Å². The van der Waals surface area contributed by atoms with Gasteiger partial charge in [0.2, 0.25) is 0 Å². The molecule has 46 valence electrons. The number of nitrogens with two attached hydrogens (primary N) is 1. The van der Waals surface area contributed by atoms with Crippen LogP contribution in [0.5, 0.6) is 0 Å². The van der Waals surface area contributed by atoms with Gasteiger partial charge in [0, 0.05) is 12.4 Å². The van der Waals surface area contributed by atoms with Crippen LogP contribution >= 0.6 is 11.3 Å². The first-order valence-corrected chi connectivity index (χ1v) is 3.50. The zero-order chi connectivity index (χ0) is 6.27. The summed E-state index contributed by atoms with van der Waals surface area (Å²) in [6, 6.07) is 4.05. The molecule has 2 N–H and O–H groups in total. The molecule has 2 aromatic heterocycles. The maximum atomic E-state index is 5.53. The van der Waals surface area contributed by atoms with Crippen LogP contribution in [-0.2, 0) is 0 Å². The number of thiazole rings is 1. The molecule has 2 rings (SSSR count). The fourth-order valence-electron chi connectivity index (χ4n) is 0.855. The summed E-state index contributed by atoms with van der Waals surface area (Å²) in [5, 5.41) is 0.866. The van der Waals surface area contributed by atoms with Gasteiger partial charge in [-0.15, -0.1) is 0 Å². The summed E-state index contributed by atoms with van der Waals surface area (Å²) in [5.74, 6) is 0. The quantitative estimate of drug-likeness (QED) is 0.588. The van der Waals surface area contributed by atoms with Crippen molar-refractivity contribution in [2.75, 3.05) is 5.73 Å². The van der Waals surface area contributed by atoms with Crippen LogP contribution in [0.3, 0.4) is 0 Å². The molecule has 2 aromatic rings. The lowest BCUT2D eigenvalue weighted by molar-refractivity contribution is 1.24. The third kappa shape index (κ3) is 0.616. The number of nitrogens with zero attached hydrogens (tertiary/aromatic N) is 1. The number of hydrogen-bond donors (Lipinski definition) is 1. The number of aromatic nitrogens is 1. The molecule has 0 spiro atoms. The highest BCUT2D eigenvalue weighted by molar-refractivity contribution is 7.21. The molecule has 0 atom stereocenters. The van der Waals surface area contributed by atoms with Crippen LogP contribution in [0.4, 0.5) is 5.00 Å². The lowest BCUT2D eigenvalue weighted by atomic mass is 10.7. The van der Waals surface area contributed by atoms with Crippen LogP contribution in [0.2, 0.25) is 0 Å². The molecule has 0 fully saturated rings. The topological polar surface area (TPSA) is 30.4 Å². The van der Waals surface area contributed by atoms with E-state index in [-0.39, 0.29) is 0 Å². The van der Waals surface area contributed by atoms with E-state index in [1.54, 1.807) is 11.3 Å². The van der Waals surface area contributed by atoms with Crippen molar-refractivity contribution in [3.63, 3.8) is 0 Å². The molecule has 3 heteroatoms. The van der Waals surface area contributed by atoms with Gasteiger partial charge in [-0.05, 0) is 12.1 Å². The molecule has 9 heavy (non-hydrogen) atoms. The number of fused-ring (bicyclic) bond motifs is 1. The molecule has 0 unspecified atom stereocenters. The Morgan fingerprint density at radius 3 is 3.22 bits per heavy atom. The van der Waals surface area contributed by atoms with E-state index in [1.807, 2.05) is 28.9 Å². The van der Waals surface area contributed by atoms with Crippen molar-refractivity contribution in [2.24, 2.45) is 0 Å². The number of nitrogen functional groups attached to an aromatic ring is 1. The molecule has 2 nitrogen and oxygen atoms in total. The fraction of sp³-hybridized carbons (Fsp3) is 0. The molecule has 0 radical (unpaired) electrons. The maximum absolute atomic E-state index is 5.53. The average molecular weight is 138 g/mol. The first-order chi connectivity index (χ1) is 4.36. The molecule has 0 aliphatic heterocycles. The Bertz CT molecular complexity index is 292. The van der Waals surface area contributed by atoms with E-state index in [0.717, 1.165) is 5.00 Å². The summed E-state index contributed by atoms with van der Waals surface area (Å²) in [5.41, 5.74) is 5.53. The Morgan fingerprint density at radius 2 is 2.44 bits per heavy atom. The average Bonchev–Trinajstić information content (AvgIpc) is 2.22. The smallest absolute Gasteiger partial charge is 0.105 e. The van der Waals surface area contributed by atoms with Gasteiger partial charge in [-0.1, -0.05) is 11.3 Å². The zero-order valence-corrected chi connectivity index (χ0v) is 5.56. The molecule has 0 bridgehead atoms. The Morgan fingerprint density at radius 1 is 1.56 bits per heavy atom. The van der Waals surface area contributed by atoms with E-state index in [2.05, 4.69) is 0 Å². The normalized spacial score (nSPS) is 10.7. The highest BCUT2D eigenvalue weighted by Gasteiger charge is 1.93. The van der Waals surface area contributed by atoms with Gasteiger partial charge < -0.3 is 10.1 Å². The van der Waals surface area contributed by atoms with E-state index in [9.17, 15) is 0 Å². The molecular weight excluding hydrogens is 132 g/mol. The minimum atomic E-state index is 0.866. The highest BCUT2D eigenvalue weighted by atomic mass is 32.1. The van der Waals surface area contributed by atoms with Crippen LogP contribution in [0.25, 0.3) is 4.83 Å². The Labute approximate surface area is 56.5 Å². The molecule has 0 aliphatic carbocycles. The van der Waals surface area contributed by atoms with Crippen molar-refractivity contribution in [2.45, 2.75) is 0 Å². The van der Waals surface area contributed by atoms with Crippen LogP contribution in [-0.4, -0.2) is 4.40 Å². The molecule has 2 heterocycles. The Hall–Kier alpha value is -0.960. The number of rotatable bonds is 0. The Balaban J connectivity index is 2.92. The monoisotopic (exact) mass is 138 g/mol. The SMILES string of the molecule is Nc1cn2cccc2s1. The van der Waals surface area contributed by atoms with Gasteiger partial charge in [0.25, 0.3) is 0 Å². The van der Waals surface area contributed by atoms with Gasteiger partial charge in [-0.3, -0.25) is 0 Å². The lowest BCUT2D eigenvalue weighted by Crippen LogP contribution is -1.75. The van der Waals surface area contributed by atoms with Crippen LogP contribution in [0.15, 0.2) is 24.5 Å². The first-order valence-electron chi connectivity index (χ1n) is 2.68. The molecule has 0 saturated carbocycles. The second kappa shape index (κ2) is 1.51. The fourth-order valence-corrected chi connectivity index (χ4v) is 1.63. The minimum absolute atomic E-state index is 0.866. The van der Waals surface area contributed by atoms with E-state index in [1.165, 1.54) is 4.83 Å². The van der Waals surface area contributed by atoms with Crippen molar-refractivity contribution in [1.82, 2.24) is 4.40 Å². The standard InChI is InChI=1S/C6H6N2S/c7-5-4-8-3-1-2-6(8)9-5/h1-4H,7H2. The van der Waals surface area contributed by atoms with Gasteiger partial charge in [0.15, 0.2) is 0 Å².